The van der Waals surface area contributed by atoms with Gasteiger partial charge in [-0.3, -0.25) is 0 Å². The minimum Gasteiger partial charge on any atom is -0.481 e. The number of hydrogen-bond donors (Lipinski definition) is 0. The summed E-state index contributed by atoms with van der Waals surface area (Å²) in [6, 6.07) is 1.91. The van der Waals surface area contributed by atoms with E-state index in [1.54, 1.807) is 19.4 Å². The Morgan fingerprint density at radius 2 is 2.07 bits per heavy atom. The van der Waals surface area contributed by atoms with Crippen LogP contribution in [0.3, 0.4) is 0 Å². The zero-order chi connectivity index (χ0) is 11.7. The van der Waals surface area contributed by atoms with Crippen LogP contribution in [0.2, 0.25) is 0 Å². The van der Waals surface area contributed by atoms with Crippen molar-refractivity contribution >= 4 is 6.08 Å². The maximum absolute atomic E-state index is 5.00. The molecule has 0 aromatic carbocycles. The molecule has 0 spiro atoms. The monoisotopic (exact) mass is 205 g/mol. The summed E-state index contributed by atoms with van der Waals surface area (Å²) in [6.45, 7) is 9.63. The standard InChI is InChI=1S/C11H13NO.C2H6/c1-4-5-6-10-8-12-11(13-3)7-9(10)2;1-2/h4-8H,1H2,2-3H3;1-2H3/b6-5+;. The van der Waals surface area contributed by atoms with Gasteiger partial charge in [0, 0.05) is 12.3 Å². The Hall–Kier alpha value is -1.57. The molecule has 1 aromatic rings. The van der Waals surface area contributed by atoms with E-state index in [4.69, 9.17) is 4.74 Å². The van der Waals surface area contributed by atoms with E-state index >= 15 is 0 Å². The second-order valence-corrected chi connectivity index (χ2v) is 2.68. The molecule has 0 saturated carbocycles. The highest BCUT2D eigenvalue weighted by atomic mass is 16.5. The molecule has 1 aromatic heterocycles. The molecule has 0 bridgehead atoms. The molecule has 2 nitrogen and oxygen atoms in total. The maximum atomic E-state index is 5.00. The molecular formula is C13H19NO. The normalized spacial score (nSPS) is 9.33. The zero-order valence-electron chi connectivity index (χ0n) is 9.95. The number of aryl methyl sites for hydroxylation is 1. The van der Waals surface area contributed by atoms with Crippen LogP contribution in [0.1, 0.15) is 25.0 Å². The Kier molecular flexibility index (Phi) is 6.98. The summed E-state index contributed by atoms with van der Waals surface area (Å²) >= 11 is 0. The molecule has 0 unspecified atom stereocenters. The zero-order valence-corrected chi connectivity index (χ0v) is 9.95. The molecule has 0 saturated heterocycles. The van der Waals surface area contributed by atoms with E-state index in [9.17, 15) is 0 Å². The van der Waals surface area contributed by atoms with E-state index in [2.05, 4.69) is 11.6 Å². The predicted octanol–water partition coefficient (Wildman–Crippen LogP) is 3.62. The topological polar surface area (TPSA) is 22.1 Å². The van der Waals surface area contributed by atoms with Gasteiger partial charge in [0.1, 0.15) is 0 Å². The number of nitrogens with zero attached hydrogens (tertiary/aromatic N) is 1. The molecule has 1 rings (SSSR count). The summed E-state index contributed by atoms with van der Waals surface area (Å²) in [4.78, 5) is 4.10. The number of aromatic nitrogens is 1. The van der Waals surface area contributed by atoms with Crippen LogP contribution >= 0.6 is 0 Å². The third-order valence-corrected chi connectivity index (χ3v) is 1.75. The fourth-order valence-corrected chi connectivity index (χ4v) is 0.999. The van der Waals surface area contributed by atoms with Crippen LogP contribution in [0.25, 0.3) is 6.08 Å². The van der Waals surface area contributed by atoms with Gasteiger partial charge in [-0.05, 0) is 18.1 Å². The van der Waals surface area contributed by atoms with Crippen molar-refractivity contribution in [2.45, 2.75) is 20.8 Å². The van der Waals surface area contributed by atoms with Crippen molar-refractivity contribution in [1.82, 2.24) is 4.98 Å². The first-order chi connectivity index (χ1) is 7.27. The summed E-state index contributed by atoms with van der Waals surface area (Å²) < 4.78 is 5.00. The lowest BCUT2D eigenvalue weighted by atomic mass is 10.1. The van der Waals surface area contributed by atoms with Gasteiger partial charge in [0.05, 0.1) is 7.11 Å². The van der Waals surface area contributed by atoms with Crippen molar-refractivity contribution in [1.29, 1.82) is 0 Å². The van der Waals surface area contributed by atoms with E-state index in [0.29, 0.717) is 5.88 Å². The first kappa shape index (κ1) is 13.4. The van der Waals surface area contributed by atoms with Gasteiger partial charge < -0.3 is 4.74 Å². The number of allylic oxidation sites excluding steroid dienone is 2. The van der Waals surface area contributed by atoms with Crippen LogP contribution in [0.5, 0.6) is 5.88 Å². The third kappa shape index (κ3) is 4.45. The highest BCUT2D eigenvalue weighted by Gasteiger charge is 1.97. The van der Waals surface area contributed by atoms with Gasteiger partial charge >= 0.3 is 0 Å². The van der Waals surface area contributed by atoms with Gasteiger partial charge in [0.2, 0.25) is 5.88 Å². The van der Waals surface area contributed by atoms with Crippen molar-refractivity contribution in [3.63, 3.8) is 0 Å². The Labute approximate surface area is 92.3 Å². The molecule has 0 aliphatic heterocycles. The van der Waals surface area contributed by atoms with Crippen LogP contribution in [0.15, 0.2) is 31.0 Å². The lowest BCUT2D eigenvalue weighted by Gasteiger charge is -2.02. The fraction of sp³-hybridized carbons (Fsp3) is 0.308. The van der Waals surface area contributed by atoms with Crippen molar-refractivity contribution < 1.29 is 4.74 Å². The number of methoxy groups -OCH3 is 1. The molecule has 0 aliphatic rings. The van der Waals surface area contributed by atoms with Crippen molar-refractivity contribution in [3.05, 3.63) is 42.1 Å². The van der Waals surface area contributed by atoms with Crippen LogP contribution in [-0.2, 0) is 0 Å². The minimum atomic E-state index is 0.647. The Morgan fingerprint density at radius 1 is 1.40 bits per heavy atom. The van der Waals surface area contributed by atoms with E-state index in [1.165, 1.54) is 0 Å². The number of hydrogen-bond acceptors (Lipinski definition) is 2. The van der Waals surface area contributed by atoms with Crippen LogP contribution in [0.4, 0.5) is 0 Å². The lowest BCUT2D eigenvalue weighted by Crippen LogP contribution is -1.89. The van der Waals surface area contributed by atoms with E-state index in [1.807, 2.05) is 39.0 Å². The summed E-state index contributed by atoms with van der Waals surface area (Å²) in [5, 5.41) is 0. The number of pyridine rings is 1. The number of rotatable bonds is 3. The molecule has 0 fully saturated rings. The molecule has 82 valence electrons. The lowest BCUT2D eigenvalue weighted by molar-refractivity contribution is 0.397. The first-order valence-electron chi connectivity index (χ1n) is 5.07. The average Bonchev–Trinajstić information content (AvgIpc) is 2.30. The van der Waals surface area contributed by atoms with Crippen molar-refractivity contribution in [2.75, 3.05) is 7.11 Å². The third-order valence-electron chi connectivity index (χ3n) is 1.75. The molecule has 0 N–H and O–H groups in total. The molecule has 0 amide bonds. The van der Waals surface area contributed by atoms with Crippen molar-refractivity contribution in [2.24, 2.45) is 0 Å². The Bertz CT molecular complexity index is 329. The predicted molar refractivity (Wildman–Crippen MR) is 66.1 cm³/mol. The van der Waals surface area contributed by atoms with Gasteiger partial charge in [-0.15, -0.1) is 0 Å². The molecular weight excluding hydrogens is 186 g/mol. The highest BCUT2D eigenvalue weighted by Crippen LogP contribution is 2.14. The van der Waals surface area contributed by atoms with Gasteiger partial charge in [-0.1, -0.05) is 38.7 Å². The second-order valence-electron chi connectivity index (χ2n) is 2.68. The smallest absolute Gasteiger partial charge is 0.213 e. The molecule has 15 heavy (non-hydrogen) atoms. The maximum Gasteiger partial charge on any atom is 0.213 e. The second kappa shape index (κ2) is 7.80. The van der Waals surface area contributed by atoms with E-state index in [-0.39, 0.29) is 0 Å². The average molecular weight is 205 g/mol. The number of ether oxygens (including phenoxy) is 1. The Balaban J connectivity index is 0.000000921. The molecule has 0 atom stereocenters. The van der Waals surface area contributed by atoms with Crippen LogP contribution < -0.4 is 4.74 Å². The van der Waals surface area contributed by atoms with E-state index < -0.39 is 0 Å². The van der Waals surface area contributed by atoms with Crippen molar-refractivity contribution in [3.8, 4) is 5.88 Å². The van der Waals surface area contributed by atoms with Gasteiger partial charge in [-0.2, -0.15) is 0 Å². The van der Waals surface area contributed by atoms with Gasteiger partial charge in [0.15, 0.2) is 0 Å². The quantitative estimate of drug-likeness (QED) is 0.703. The Morgan fingerprint density at radius 3 is 2.53 bits per heavy atom. The molecule has 0 aliphatic carbocycles. The van der Waals surface area contributed by atoms with Crippen LogP contribution in [-0.4, -0.2) is 12.1 Å². The highest BCUT2D eigenvalue weighted by molar-refractivity contribution is 5.54. The summed E-state index contributed by atoms with van der Waals surface area (Å²) in [5.41, 5.74) is 2.23. The largest absolute Gasteiger partial charge is 0.481 e. The SMILES string of the molecule is C=C/C=C/c1cnc(OC)cc1C.CC. The fourth-order valence-electron chi connectivity index (χ4n) is 0.999. The summed E-state index contributed by atoms with van der Waals surface area (Å²) in [6.07, 6.45) is 7.38. The summed E-state index contributed by atoms with van der Waals surface area (Å²) in [7, 11) is 1.61. The minimum absolute atomic E-state index is 0.647. The molecule has 1 heterocycles. The van der Waals surface area contributed by atoms with Crippen LogP contribution in [0, 0.1) is 6.92 Å². The summed E-state index contributed by atoms with van der Waals surface area (Å²) in [5.74, 6) is 0.647. The molecule has 0 radical (unpaired) electrons. The van der Waals surface area contributed by atoms with Gasteiger partial charge in [-0.25, -0.2) is 4.98 Å². The first-order valence-corrected chi connectivity index (χ1v) is 5.07. The molecule has 2 heteroatoms. The van der Waals surface area contributed by atoms with Gasteiger partial charge in [0.25, 0.3) is 0 Å². The van der Waals surface area contributed by atoms with E-state index in [0.717, 1.165) is 11.1 Å².